The maximum Gasteiger partial charge on any atom is 0.338 e. The SMILES string of the molecule is CCOC(=O)c1cc(NC(=O)Cc2c(C)nc3cc(=O)[nH]n3c2C)cc(C(=O)OCC)c1. The second-order valence-electron chi connectivity index (χ2n) is 7.04. The predicted molar refractivity (Wildman–Crippen MR) is 116 cm³/mol. The van der Waals surface area contributed by atoms with Gasteiger partial charge in [-0.1, -0.05) is 0 Å². The van der Waals surface area contributed by atoms with E-state index >= 15 is 0 Å². The van der Waals surface area contributed by atoms with Crippen LogP contribution in [0.25, 0.3) is 5.65 Å². The number of ether oxygens (including phenoxy) is 2. The van der Waals surface area contributed by atoms with Crippen molar-refractivity contribution in [1.82, 2.24) is 14.6 Å². The summed E-state index contributed by atoms with van der Waals surface area (Å²) in [5.74, 6) is -1.62. The number of carbonyl (C=O) groups excluding carboxylic acids is 3. The lowest BCUT2D eigenvalue weighted by Crippen LogP contribution is -2.19. The number of rotatable bonds is 7. The van der Waals surface area contributed by atoms with Gasteiger partial charge in [-0.25, -0.2) is 19.1 Å². The number of hydrogen-bond acceptors (Lipinski definition) is 7. The van der Waals surface area contributed by atoms with Gasteiger partial charge >= 0.3 is 11.9 Å². The molecule has 0 saturated carbocycles. The van der Waals surface area contributed by atoms with Gasteiger partial charge in [0.2, 0.25) is 5.91 Å². The number of aryl methyl sites for hydroxylation is 2. The van der Waals surface area contributed by atoms with Crippen molar-refractivity contribution in [3.8, 4) is 0 Å². The fourth-order valence-corrected chi connectivity index (χ4v) is 3.34. The van der Waals surface area contributed by atoms with E-state index in [0.29, 0.717) is 22.6 Å². The van der Waals surface area contributed by atoms with Crippen molar-refractivity contribution >= 4 is 29.2 Å². The van der Waals surface area contributed by atoms with Crippen molar-refractivity contribution in [1.29, 1.82) is 0 Å². The van der Waals surface area contributed by atoms with Crippen molar-refractivity contribution in [3.05, 3.63) is 62.7 Å². The maximum atomic E-state index is 12.8. The summed E-state index contributed by atoms with van der Waals surface area (Å²) in [6, 6.07) is 5.61. The van der Waals surface area contributed by atoms with Crippen LogP contribution in [0.15, 0.2) is 29.1 Å². The lowest BCUT2D eigenvalue weighted by molar-refractivity contribution is -0.115. The molecule has 0 spiro atoms. The molecule has 3 aromatic rings. The van der Waals surface area contributed by atoms with Gasteiger partial charge in [0.1, 0.15) is 0 Å². The van der Waals surface area contributed by atoms with Gasteiger partial charge in [-0.3, -0.25) is 14.7 Å². The molecule has 168 valence electrons. The number of hydrogen-bond donors (Lipinski definition) is 2. The minimum Gasteiger partial charge on any atom is -0.462 e. The monoisotopic (exact) mass is 440 g/mol. The van der Waals surface area contributed by atoms with E-state index in [1.165, 1.54) is 28.8 Å². The van der Waals surface area contributed by atoms with E-state index in [9.17, 15) is 19.2 Å². The molecule has 2 N–H and O–H groups in total. The molecule has 0 atom stereocenters. The standard InChI is InChI=1S/C22H24N4O6/c1-5-31-21(29)14-7-15(22(30)32-6-2)9-16(8-14)24-19(27)10-17-12(3)23-18-11-20(28)25-26(18)13(17)4/h7-9,11H,5-6,10H2,1-4H3,(H,24,27)(H,25,28). The van der Waals surface area contributed by atoms with Crippen LogP contribution >= 0.6 is 0 Å². The van der Waals surface area contributed by atoms with Crippen molar-refractivity contribution in [2.75, 3.05) is 18.5 Å². The zero-order chi connectivity index (χ0) is 23.4. The Morgan fingerprint density at radius 2 is 1.59 bits per heavy atom. The average Bonchev–Trinajstić information content (AvgIpc) is 3.11. The first kappa shape index (κ1) is 22.7. The summed E-state index contributed by atoms with van der Waals surface area (Å²) >= 11 is 0. The van der Waals surface area contributed by atoms with E-state index in [2.05, 4.69) is 15.4 Å². The molecule has 0 aliphatic carbocycles. The largest absolute Gasteiger partial charge is 0.462 e. The quantitative estimate of drug-likeness (QED) is 0.538. The zero-order valence-electron chi connectivity index (χ0n) is 18.3. The molecular formula is C22H24N4O6. The third-order valence-electron chi connectivity index (χ3n) is 4.78. The number of nitrogens with one attached hydrogen (secondary N) is 2. The molecule has 0 aliphatic rings. The fourth-order valence-electron chi connectivity index (χ4n) is 3.34. The normalized spacial score (nSPS) is 10.8. The van der Waals surface area contributed by atoms with Gasteiger partial charge in [-0.05, 0) is 45.9 Å². The lowest BCUT2D eigenvalue weighted by Gasteiger charge is -2.13. The summed E-state index contributed by atoms with van der Waals surface area (Å²) in [5.41, 5.74) is 2.61. The van der Waals surface area contributed by atoms with Crippen molar-refractivity contribution in [2.24, 2.45) is 0 Å². The molecule has 1 amide bonds. The summed E-state index contributed by atoms with van der Waals surface area (Å²) in [7, 11) is 0. The molecule has 0 bridgehead atoms. The van der Waals surface area contributed by atoms with Crippen LogP contribution in [0.4, 0.5) is 5.69 Å². The third kappa shape index (κ3) is 4.85. The Labute approximate surface area is 183 Å². The van der Waals surface area contributed by atoms with Gasteiger partial charge in [-0.2, -0.15) is 0 Å². The summed E-state index contributed by atoms with van der Waals surface area (Å²) in [6.07, 6.45) is -0.0286. The summed E-state index contributed by atoms with van der Waals surface area (Å²) in [4.78, 5) is 53.2. The highest BCUT2D eigenvalue weighted by molar-refractivity contribution is 6.00. The van der Waals surface area contributed by atoms with Crippen LogP contribution < -0.4 is 10.9 Å². The molecule has 0 aliphatic heterocycles. The van der Waals surface area contributed by atoms with Crippen molar-refractivity contribution in [3.63, 3.8) is 0 Å². The first-order valence-electron chi connectivity index (χ1n) is 10.1. The van der Waals surface area contributed by atoms with Gasteiger partial charge in [0.25, 0.3) is 5.56 Å². The van der Waals surface area contributed by atoms with Crippen LogP contribution in [0.5, 0.6) is 0 Å². The lowest BCUT2D eigenvalue weighted by atomic mass is 10.1. The highest BCUT2D eigenvalue weighted by atomic mass is 16.5. The minimum atomic E-state index is -0.618. The van der Waals surface area contributed by atoms with E-state index in [-0.39, 0.29) is 47.9 Å². The number of fused-ring (bicyclic) bond motifs is 1. The molecule has 0 saturated heterocycles. The number of H-pyrrole nitrogens is 1. The number of amides is 1. The van der Waals surface area contributed by atoms with Gasteiger partial charge in [0.05, 0.1) is 30.8 Å². The third-order valence-corrected chi connectivity index (χ3v) is 4.78. The number of aromatic amines is 1. The van der Waals surface area contributed by atoms with Gasteiger partial charge in [0, 0.05) is 28.7 Å². The molecule has 0 unspecified atom stereocenters. The first-order chi connectivity index (χ1) is 15.2. The molecule has 1 aromatic carbocycles. The number of aromatic nitrogens is 3. The topological polar surface area (TPSA) is 132 Å². The summed E-state index contributed by atoms with van der Waals surface area (Å²) < 4.78 is 11.5. The molecule has 2 aromatic heterocycles. The molecule has 3 rings (SSSR count). The Morgan fingerprint density at radius 1 is 1.00 bits per heavy atom. The molecular weight excluding hydrogens is 416 g/mol. The number of carbonyl (C=O) groups is 3. The molecule has 10 heteroatoms. The minimum absolute atomic E-state index is 0.0286. The highest BCUT2D eigenvalue weighted by Gasteiger charge is 2.18. The summed E-state index contributed by atoms with van der Waals surface area (Å²) in [6.45, 7) is 7.21. The van der Waals surface area contributed by atoms with Gasteiger partial charge in [-0.15, -0.1) is 0 Å². The maximum absolute atomic E-state index is 12.8. The Morgan fingerprint density at radius 3 is 2.16 bits per heavy atom. The van der Waals surface area contributed by atoms with Crippen LogP contribution in [0.2, 0.25) is 0 Å². The number of nitrogens with zero attached hydrogens (tertiary/aromatic N) is 2. The van der Waals surface area contributed by atoms with Crippen LogP contribution in [0.3, 0.4) is 0 Å². The van der Waals surface area contributed by atoms with E-state index in [0.717, 1.165) is 0 Å². The van der Waals surface area contributed by atoms with Crippen LogP contribution in [-0.2, 0) is 20.7 Å². The van der Waals surface area contributed by atoms with Gasteiger partial charge in [0.15, 0.2) is 5.65 Å². The number of benzene rings is 1. The molecule has 0 radical (unpaired) electrons. The van der Waals surface area contributed by atoms with Crippen LogP contribution in [0, 0.1) is 13.8 Å². The average molecular weight is 440 g/mol. The molecule has 0 fully saturated rings. The summed E-state index contributed by atoms with van der Waals surface area (Å²) in [5, 5.41) is 5.35. The smallest absolute Gasteiger partial charge is 0.338 e. The Hall–Kier alpha value is -3.95. The van der Waals surface area contributed by atoms with E-state index in [1.807, 2.05) is 0 Å². The second kappa shape index (κ2) is 9.46. The highest BCUT2D eigenvalue weighted by Crippen LogP contribution is 2.19. The van der Waals surface area contributed by atoms with Crippen molar-refractivity contribution < 1.29 is 23.9 Å². The number of esters is 2. The van der Waals surface area contributed by atoms with E-state index in [1.54, 1.807) is 27.7 Å². The molecule has 2 heterocycles. The Kier molecular flexibility index (Phi) is 6.72. The fraction of sp³-hybridized carbons (Fsp3) is 0.318. The van der Waals surface area contributed by atoms with Crippen LogP contribution in [0.1, 0.15) is 51.5 Å². The predicted octanol–water partition coefficient (Wildman–Crippen LogP) is 2.17. The second-order valence-corrected chi connectivity index (χ2v) is 7.04. The Balaban J connectivity index is 1.90. The number of anilines is 1. The molecule has 32 heavy (non-hydrogen) atoms. The van der Waals surface area contributed by atoms with Crippen LogP contribution in [-0.4, -0.2) is 45.7 Å². The van der Waals surface area contributed by atoms with Gasteiger partial charge < -0.3 is 14.8 Å². The van der Waals surface area contributed by atoms with E-state index < -0.39 is 11.9 Å². The molecule has 10 nitrogen and oxygen atoms in total. The van der Waals surface area contributed by atoms with E-state index in [4.69, 9.17) is 9.47 Å². The Bertz CT molecular complexity index is 1220. The zero-order valence-corrected chi connectivity index (χ0v) is 18.3. The first-order valence-corrected chi connectivity index (χ1v) is 10.1. The van der Waals surface area contributed by atoms with Crippen molar-refractivity contribution in [2.45, 2.75) is 34.1 Å².